The van der Waals surface area contributed by atoms with E-state index in [1.807, 2.05) is 25.7 Å². The van der Waals surface area contributed by atoms with Gasteiger partial charge in [0.2, 0.25) is 0 Å². The Morgan fingerprint density at radius 2 is 1.89 bits per heavy atom. The molecule has 0 atom stereocenters. The molecule has 4 nitrogen and oxygen atoms in total. The van der Waals surface area contributed by atoms with E-state index in [-0.39, 0.29) is 18.6 Å². The largest absolute Gasteiger partial charge is 0.466 e. The third kappa shape index (κ3) is 2.68. The summed E-state index contributed by atoms with van der Waals surface area (Å²) >= 11 is 0. The van der Waals surface area contributed by atoms with Crippen LogP contribution in [0.1, 0.15) is 53.1 Å². The number of aliphatic hydroxyl groups excluding tert-OH is 1. The van der Waals surface area contributed by atoms with Crippen LogP contribution in [0.3, 0.4) is 0 Å². The van der Waals surface area contributed by atoms with E-state index < -0.39 is 0 Å². The van der Waals surface area contributed by atoms with E-state index >= 15 is 0 Å². The third-order valence-electron chi connectivity index (χ3n) is 4.14. The molecule has 0 bridgehead atoms. The summed E-state index contributed by atoms with van der Waals surface area (Å²) in [5.74, 6) is 1.49. The minimum Gasteiger partial charge on any atom is -0.466 e. The lowest BCUT2D eigenvalue weighted by molar-refractivity contribution is 0.0635. The monoisotopic (exact) mass is 265 g/mol. The topological polar surface area (TPSA) is 53.7 Å². The first-order chi connectivity index (χ1) is 9.06. The van der Waals surface area contributed by atoms with Crippen LogP contribution in [-0.2, 0) is 0 Å². The second kappa shape index (κ2) is 5.78. The van der Waals surface area contributed by atoms with Crippen molar-refractivity contribution in [3.63, 3.8) is 0 Å². The molecule has 1 N–H and O–H groups in total. The van der Waals surface area contributed by atoms with E-state index in [1.54, 1.807) is 0 Å². The Morgan fingerprint density at radius 3 is 2.37 bits per heavy atom. The van der Waals surface area contributed by atoms with E-state index in [0.29, 0.717) is 17.9 Å². The lowest BCUT2D eigenvalue weighted by atomic mass is 10.1. The van der Waals surface area contributed by atoms with Gasteiger partial charge in [0, 0.05) is 18.2 Å². The summed E-state index contributed by atoms with van der Waals surface area (Å²) in [6, 6.07) is 0.272. The maximum Gasteiger partial charge on any atom is 0.258 e. The summed E-state index contributed by atoms with van der Waals surface area (Å²) < 4.78 is 5.55. The molecular weight excluding hydrogens is 242 g/mol. The van der Waals surface area contributed by atoms with Crippen molar-refractivity contribution in [3.05, 3.63) is 22.6 Å². The van der Waals surface area contributed by atoms with Crippen molar-refractivity contribution in [3.8, 4) is 0 Å². The molecular formula is C15H23NO3. The zero-order valence-electron chi connectivity index (χ0n) is 12.0. The lowest BCUT2D eigenvalue weighted by Gasteiger charge is -2.28. The van der Waals surface area contributed by atoms with Gasteiger partial charge < -0.3 is 14.4 Å². The molecule has 19 heavy (non-hydrogen) atoms. The van der Waals surface area contributed by atoms with E-state index in [4.69, 9.17) is 4.42 Å². The molecule has 0 saturated heterocycles. The predicted molar refractivity (Wildman–Crippen MR) is 73.3 cm³/mol. The Kier molecular flexibility index (Phi) is 4.30. The van der Waals surface area contributed by atoms with E-state index in [9.17, 15) is 9.90 Å². The number of carbonyl (C=O) groups excluding carboxylic acids is 1. The molecule has 0 spiro atoms. The molecule has 106 valence electrons. The van der Waals surface area contributed by atoms with Gasteiger partial charge in [-0.2, -0.15) is 0 Å². The van der Waals surface area contributed by atoms with Crippen molar-refractivity contribution < 1.29 is 14.3 Å². The Labute approximate surface area is 114 Å². The maximum atomic E-state index is 12.7. The predicted octanol–water partition coefficient (Wildman–Crippen LogP) is 2.58. The van der Waals surface area contributed by atoms with E-state index in [0.717, 1.165) is 24.2 Å². The van der Waals surface area contributed by atoms with Gasteiger partial charge in [0.05, 0.1) is 12.2 Å². The van der Waals surface area contributed by atoms with Crippen molar-refractivity contribution in [2.24, 2.45) is 0 Å². The lowest BCUT2D eigenvalue weighted by Crippen LogP contribution is -2.41. The van der Waals surface area contributed by atoms with Crippen LogP contribution in [0.4, 0.5) is 0 Å². The Balaban J connectivity index is 2.28. The summed E-state index contributed by atoms with van der Waals surface area (Å²) in [7, 11) is 0. The number of furan rings is 1. The van der Waals surface area contributed by atoms with Crippen LogP contribution in [0, 0.1) is 20.8 Å². The van der Waals surface area contributed by atoms with Crippen LogP contribution in [0.2, 0.25) is 0 Å². The van der Waals surface area contributed by atoms with Gasteiger partial charge >= 0.3 is 0 Å². The van der Waals surface area contributed by atoms with Gasteiger partial charge in [0.15, 0.2) is 0 Å². The third-order valence-corrected chi connectivity index (χ3v) is 4.14. The fourth-order valence-electron chi connectivity index (χ4n) is 3.03. The van der Waals surface area contributed by atoms with Gasteiger partial charge in [-0.25, -0.2) is 0 Å². The molecule has 1 heterocycles. The van der Waals surface area contributed by atoms with Crippen molar-refractivity contribution in [1.82, 2.24) is 4.90 Å². The van der Waals surface area contributed by atoms with Crippen molar-refractivity contribution in [2.45, 2.75) is 52.5 Å². The van der Waals surface area contributed by atoms with Crippen LogP contribution in [0.5, 0.6) is 0 Å². The van der Waals surface area contributed by atoms with Crippen LogP contribution >= 0.6 is 0 Å². The highest BCUT2D eigenvalue weighted by molar-refractivity contribution is 5.97. The Bertz CT molecular complexity index is 458. The maximum absolute atomic E-state index is 12.7. The normalized spacial score (nSPS) is 16.0. The minimum absolute atomic E-state index is 0.00722. The molecule has 0 radical (unpaired) electrons. The van der Waals surface area contributed by atoms with Crippen LogP contribution in [0.25, 0.3) is 0 Å². The number of nitrogens with zero attached hydrogens (tertiary/aromatic N) is 1. The number of rotatable bonds is 4. The van der Waals surface area contributed by atoms with Gasteiger partial charge in [-0.05, 0) is 33.6 Å². The van der Waals surface area contributed by atoms with Crippen LogP contribution in [-0.4, -0.2) is 35.1 Å². The van der Waals surface area contributed by atoms with Gasteiger partial charge in [-0.1, -0.05) is 12.8 Å². The first-order valence-corrected chi connectivity index (χ1v) is 7.04. The second-order valence-corrected chi connectivity index (χ2v) is 5.37. The number of aliphatic hydroxyl groups is 1. The first-order valence-electron chi connectivity index (χ1n) is 7.04. The van der Waals surface area contributed by atoms with Crippen molar-refractivity contribution in [1.29, 1.82) is 0 Å². The zero-order valence-corrected chi connectivity index (χ0v) is 12.0. The van der Waals surface area contributed by atoms with Crippen molar-refractivity contribution >= 4 is 5.91 Å². The molecule has 1 aromatic heterocycles. The molecule has 1 aliphatic carbocycles. The fraction of sp³-hybridized carbons (Fsp3) is 0.667. The average Bonchev–Trinajstić information content (AvgIpc) is 2.96. The fourth-order valence-corrected chi connectivity index (χ4v) is 3.03. The van der Waals surface area contributed by atoms with E-state index in [1.165, 1.54) is 12.8 Å². The number of aryl methyl sites for hydroxylation is 2. The standard InChI is InChI=1S/C15H23NO3/c1-10-11(2)19-12(3)14(10)15(18)16(8-9-17)13-6-4-5-7-13/h13,17H,4-9H2,1-3H3. The highest BCUT2D eigenvalue weighted by Gasteiger charge is 2.30. The van der Waals surface area contributed by atoms with Gasteiger partial charge in [0.25, 0.3) is 5.91 Å². The van der Waals surface area contributed by atoms with Gasteiger partial charge in [-0.3, -0.25) is 4.79 Å². The highest BCUT2D eigenvalue weighted by atomic mass is 16.3. The molecule has 4 heteroatoms. The smallest absolute Gasteiger partial charge is 0.258 e. The number of amides is 1. The molecule has 1 aliphatic rings. The molecule has 0 aliphatic heterocycles. The molecule has 0 unspecified atom stereocenters. The van der Waals surface area contributed by atoms with Crippen LogP contribution in [0.15, 0.2) is 4.42 Å². The molecule has 2 rings (SSSR count). The number of hydrogen-bond acceptors (Lipinski definition) is 3. The van der Waals surface area contributed by atoms with Crippen molar-refractivity contribution in [2.75, 3.05) is 13.2 Å². The summed E-state index contributed by atoms with van der Waals surface area (Å²) in [4.78, 5) is 14.6. The van der Waals surface area contributed by atoms with E-state index in [2.05, 4.69) is 0 Å². The van der Waals surface area contributed by atoms with Gasteiger partial charge in [-0.15, -0.1) is 0 Å². The molecule has 1 amide bonds. The van der Waals surface area contributed by atoms with Gasteiger partial charge in [0.1, 0.15) is 11.5 Å². The first kappa shape index (κ1) is 14.1. The Hall–Kier alpha value is -1.29. The van der Waals surface area contributed by atoms with Crippen LogP contribution < -0.4 is 0 Å². The summed E-state index contributed by atoms with van der Waals surface area (Å²) in [6.07, 6.45) is 4.42. The number of hydrogen-bond donors (Lipinski definition) is 1. The minimum atomic E-state index is 0.00722. The highest BCUT2D eigenvalue weighted by Crippen LogP contribution is 2.28. The Morgan fingerprint density at radius 1 is 1.26 bits per heavy atom. The molecule has 0 aromatic carbocycles. The molecule has 1 saturated carbocycles. The molecule has 1 aromatic rings. The molecule has 1 fully saturated rings. The quantitative estimate of drug-likeness (QED) is 0.910. The zero-order chi connectivity index (χ0) is 14.0. The summed E-state index contributed by atoms with van der Waals surface area (Å²) in [6.45, 7) is 6.05. The number of carbonyl (C=O) groups is 1. The second-order valence-electron chi connectivity index (χ2n) is 5.37. The average molecular weight is 265 g/mol. The SMILES string of the molecule is Cc1oc(C)c(C(=O)N(CCO)C2CCCC2)c1C. The summed E-state index contributed by atoms with van der Waals surface area (Å²) in [5, 5.41) is 9.22. The summed E-state index contributed by atoms with van der Waals surface area (Å²) in [5.41, 5.74) is 1.60.